The number of unbranched alkanes of at least 4 members (excludes halogenated alkanes) is 16. The maximum absolute atomic E-state index is 12.9. The minimum Gasteiger partial charge on any atom is -0.462 e. The topological polar surface area (TPSA) is 231 Å². The summed E-state index contributed by atoms with van der Waals surface area (Å²) >= 11 is 0. The summed E-state index contributed by atoms with van der Waals surface area (Å²) in [7, 11) is 0. The fourth-order valence-electron chi connectivity index (χ4n) is 7.07. The van der Waals surface area contributed by atoms with Crippen LogP contribution in [0.25, 0.3) is 0 Å². The summed E-state index contributed by atoms with van der Waals surface area (Å²) < 4.78 is 33.3. The molecule has 0 saturated carbocycles. The Morgan fingerprint density at radius 3 is 1.57 bits per heavy atom. The molecule has 2 saturated heterocycles. The van der Waals surface area contributed by atoms with Crippen LogP contribution in [0.5, 0.6) is 0 Å². The minimum absolute atomic E-state index is 0.158. The van der Waals surface area contributed by atoms with Gasteiger partial charge in [0.1, 0.15) is 55.4 Å². The van der Waals surface area contributed by atoms with Crippen molar-refractivity contribution in [2.45, 2.75) is 223 Å². The first kappa shape index (κ1) is 54.1. The largest absolute Gasteiger partial charge is 0.462 e. The summed E-state index contributed by atoms with van der Waals surface area (Å²) in [6.45, 7) is 2.47. The predicted molar refractivity (Wildman–Crippen MR) is 224 cm³/mol. The fourth-order valence-corrected chi connectivity index (χ4v) is 7.07. The van der Waals surface area contributed by atoms with E-state index in [-0.39, 0.29) is 26.1 Å². The Morgan fingerprint density at radius 2 is 1.00 bits per heavy atom. The molecule has 0 aromatic heterocycles. The van der Waals surface area contributed by atoms with Crippen molar-refractivity contribution < 1.29 is 73.8 Å². The van der Waals surface area contributed by atoms with Gasteiger partial charge in [0.15, 0.2) is 18.7 Å². The molecule has 0 aliphatic carbocycles. The van der Waals surface area contributed by atoms with Crippen molar-refractivity contribution in [2.24, 2.45) is 0 Å². The van der Waals surface area contributed by atoms with Crippen molar-refractivity contribution in [3.8, 4) is 0 Å². The van der Waals surface area contributed by atoms with Gasteiger partial charge in [-0.2, -0.15) is 0 Å². The average molecular weight is 861 g/mol. The van der Waals surface area contributed by atoms with E-state index in [1.54, 1.807) is 0 Å². The molecular weight excluding hydrogens is 780 g/mol. The first-order valence-corrected chi connectivity index (χ1v) is 22.9. The Labute approximate surface area is 358 Å². The molecule has 11 atom stereocenters. The lowest BCUT2D eigenvalue weighted by Crippen LogP contribution is -2.61. The lowest BCUT2D eigenvalue weighted by Gasteiger charge is -2.42. The van der Waals surface area contributed by atoms with Crippen LogP contribution in [-0.2, 0) is 38.0 Å². The second kappa shape index (κ2) is 33.5. The zero-order valence-corrected chi connectivity index (χ0v) is 36.4. The van der Waals surface area contributed by atoms with Crippen LogP contribution < -0.4 is 0 Å². The third kappa shape index (κ3) is 22.4. The lowest BCUT2D eigenvalue weighted by molar-refractivity contribution is -0.332. The van der Waals surface area contributed by atoms with E-state index in [2.05, 4.69) is 38.2 Å². The number of hydrogen-bond acceptors (Lipinski definition) is 15. The van der Waals surface area contributed by atoms with E-state index < -0.39 is 92.7 Å². The number of carbonyl (C=O) groups is 2. The Morgan fingerprint density at radius 1 is 0.533 bits per heavy atom. The molecule has 60 heavy (non-hydrogen) atoms. The van der Waals surface area contributed by atoms with Crippen LogP contribution in [0.2, 0.25) is 0 Å². The van der Waals surface area contributed by atoms with Gasteiger partial charge >= 0.3 is 11.9 Å². The highest BCUT2D eigenvalue weighted by Crippen LogP contribution is 2.26. The van der Waals surface area contributed by atoms with Gasteiger partial charge < -0.3 is 64.2 Å². The maximum atomic E-state index is 12.9. The second-order valence-electron chi connectivity index (χ2n) is 16.2. The van der Waals surface area contributed by atoms with E-state index in [4.69, 9.17) is 28.4 Å². The molecule has 7 N–H and O–H groups in total. The van der Waals surface area contributed by atoms with E-state index >= 15 is 0 Å². The van der Waals surface area contributed by atoms with Crippen molar-refractivity contribution in [1.82, 2.24) is 0 Å². The third-order valence-corrected chi connectivity index (χ3v) is 10.9. The standard InChI is InChI=1S/C45H80O15/c1-3-5-7-9-11-12-13-14-15-16-17-18-19-20-21-22-24-26-28-37(48)58-33(30-55-36(47)27-25-23-10-8-6-4-2)31-56-44-43(54)41(52)39(50)35(60-44)32-57-45-42(53)40(51)38(49)34(29-46)59-45/h12-13,15-16,33-35,38-46,49-54H,3-11,14,17-32H2,1-2H3/b13-12-,16-15-. The summed E-state index contributed by atoms with van der Waals surface area (Å²) in [5.74, 6) is -0.943. The van der Waals surface area contributed by atoms with Crippen molar-refractivity contribution in [2.75, 3.05) is 26.4 Å². The molecule has 11 unspecified atom stereocenters. The van der Waals surface area contributed by atoms with Gasteiger partial charge in [0, 0.05) is 12.8 Å². The molecule has 2 fully saturated rings. The van der Waals surface area contributed by atoms with Crippen LogP contribution in [0.3, 0.4) is 0 Å². The fraction of sp³-hybridized carbons (Fsp3) is 0.867. The Hall–Kier alpha value is -2.02. The van der Waals surface area contributed by atoms with Crippen LogP contribution >= 0.6 is 0 Å². The molecule has 2 heterocycles. The summed E-state index contributed by atoms with van der Waals surface area (Å²) in [6.07, 6.45) is 14.0. The molecule has 0 bridgehead atoms. The van der Waals surface area contributed by atoms with E-state index in [0.717, 1.165) is 77.0 Å². The Balaban J connectivity index is 1.80. The van der Waals surface area contributed by atoms with Crippen LogP contribution in [0, 0.1) is 0 Å². The number of carbonyl (C=O) groups excluding carboxylic acids is 2. The first-order valence-electron chi connectivity index (χ1n) is 22.9. The third-order valence-electron chi connectivity index (χ3n) is 10.9. The molecule has 15 nitrogen and oxygen atoms in total. The van der Waals surface area contributed by atoms with Crippen molar-refractivity contribution in [3.63, 3.8) is 0 Å². The molecule has 2 aliphatic rings. The number of esters is 2. The lowest BCUT2D eigenvalue weighted by atomic mass is 9.98. The Kier molecular flexibility index (Phi) is 30.2. The minimum atomic E-state index is -1.76. The number of ether oxygens (including phenoxy) is 6. The van der Waals surface area contributed by atoms with Crippen LogP contribution in [0.1, 0.15) is 155 Å². The smallest absolute Gasteiger partial charge is 0.306 e. The highest BCUT2D eigenvalue weighted by molar-refractivity contribution is 5.70. The van der Waals surface area contributed by atoms with Gasteiger partial charge in [-0.25, -0.2) is 0 Å². The second-order valence-corrected chi connectivity index (χ2v) is 16.2. The number of allylic oxidation sites excluding steroid dienone is 4. The van der Waals surface area contributed by atoms with Gasteiger partial charge in [0.2, 0.25) is 0 Å². The van der Waals surface area contributed by atoms with Gasteiger partial charge in [0.05, 0.1) is 19.8 Å². The van der Waals surface area contributed by atoms with Crippen molar-refractivity contribution in [1.29, 1.82) is 0 Å². The molecule has 0 spiro atoms. The molecule has 0 radical (unpaired) electrons. The highest BCUT2D eigenvalue weighted by atomic mass is 16.7. The van der Waals surface area contributed by atoms with Gasteiger partial charge in [-0.05, 0) is 44.9 Å². The molecule has 0 aromatic carbocycles. The number of aliphatic hydroxyl groups is 7. The monoisotopic (exact) mass is 861 g/mol. The quantitative estimate of drug-likeness (QED) is 0.0261. The van der Waals surface area contributed by atoms with Gasteiger partial charge in [0.25, 0.3) is 0 Å². The van der Waals surface area contributed by atoms with E-state index in [1.807, 2.05) is 0 Å². The molecular formula is C45H80O15. The maximum Gasteiger partial charge on any atom is 0.306 e. The number of rotatable bonds is 34. The summed E-state index contributed by atoms with van der Waals surface area (Å²) in [6, 6.07) is 0. The van der Waals surface area contributed by atoms with Crippen molar-refractivity contribution in [3.05, 3.63) is 24.3 Å². The number of aliphatic hydroxyl groups excluding tert-OH is 7. The summed E-state index contributed by atoms with van der Waals surface area (Å²) in [5.41, 5.74) is 0. The zero-order valence-electron chi connectivity index (χ0n) is 36.4. The molecule has 2 rings (SSSR count). The number of hydrogen-bond donors (Lipinski definition) is 7. The van der Waals surface area contributed by atoms with Gasteiger partial charge in [-0.1, -0.05) is 122 Å². The SMILES string of the molecule is CCCCCC/C=C\C/C=C\CCCCCCCCCC(=O)OC(COC(=O)CCCCCCCC)COC1OC(COC2OC(CO)C(O)C(O)C2O)C(O)C(O)C1O. The van der Waals surface area contributed by atoms with Crippen molar-refractivity contribution >= 4 is 11.9 Å². The summed E-state index contributed by atoms with van der Waals surface area (Å²) in [4.78, 5) is 25.4. The molecule has 2 aliphatic heterocycles. The van der Waals surface area contributed by atoms with Crippen LogP contribution in [0.4, 0.5) is 0 Å². The highest BCUT2D eigenvalue weighted by Gasteiger charge is 2.47. The average Bonchev–Trinajstić information content (AvgIpc) is 3.24. The normalized spacial score (nSPS) is 27.8. The molecule has 350 valence electrons. The molecule has 15 heteroatoms. The van der Waals surface area contributed by atoms with Gasteiger partial charge in [-0.15, -0.1) is 0 Å². The van der Waals surface area contributed by atoms with Gasteiger partial charge in [-0.3, -0.25) is 9.59 Å². The van der Waals surface area contributed by atoms with E-state index in [0.29, 0.717) is 12.8 Å². The first-order chi connectivity index (χ1) is 29.0. The van der Waals surface area contributed by atoms with Crippen LogP contribution in [0.15, 0.2) is 24.3 Å². The molecule has 0 amide bonds. The Bertz CT molecular complexity index is 1150. The summed E-state index contributed by atoms with van der Waals surface area (Å²) in [5, 5.41) is 71.7. The van der Waals surface area contributed by atoms with Crippen LogP contribution in [-0.4, -0.2) is 142 Å². The van der Waals surface area contributed by atoms with E-state index in [1.165, 1.54) is 38.5 Å². The predicted octanol–water partition coefficient (Wildman–Crippen LogP) is 4.82. The van der Waals surface area contributed by atoms with E-state index in [9.17, 15) is 45.3 Å². The zero-order chi connectivity index (χ0) is 44.0. The molecule has 0 aromatic rings.